The summed E-state index contributed by atoms with van der Waals surface area (Å²) in [6.07, 6.45) is 0. The fourth-order valence-electron chi connectivity index (χ4n) is 4.45. The number of ether oxygens (including phenoxy) is 1. The van der Waals surface area contributed by atoms with E-state index in [2.05, 4.69) is 35.9 Å². The van der Waals surface area contributed by atoms with E-state index >= 15 is 0 Å². The molecule has 0 unspecified atom stereocenters. The first-order chi connectivity index (χ1) is 13.0. The Morgan fingerprint density at radius 2 is 1.89 bits per heavy atom. The lowest BCUT2D eigenvalue weighted by atomic mass is 9.71. The number of carbonyl (C=O) groups excluding carboxylic acids is 1. The van der Waals surface area contributed by atoms with Crippen molar-refractivity contribution in [3.05, 3.63) is 58.8 Å². The zero-order valence-corrected chi connectivity index (χ0v) is 15.6. The van der Waals surface area contributed by atoms with Crippen molar-refractivity contribution in [1.29, 1.82) is 0 Å². The van der Waals surface area contributed by atoms with Crippen molar-refractivity contribution in [2.75, 3.05) is 36.9 Å². The Morgan fingerprint density at radius 3 is 2.67 bits per heavy atom. The average Bonchev–Trinajstić information content (AvgIpc) is 3.06. The Bertz CT molecular complexity index is 1070. The van der Waals surface area contributed by atoms with Gasteiger partial charge in [-0.1, -0.05) is 19.9 Å². The predicted molar refractivity (Wildman–Crippen MR) is 108 cm³/mol. The molecule has 0 saturated carbocycles. The highest BCUT2D eigenvalue weighted by Crippen LogP contribution is 2.44. The van der Waals surface area contributed by atoms with Gasteiger partial charge >= 0.3 is 0 Å². The molecule has 2 heterocycles. The molecule has 3 aromatic rings. The van der Waals surface area contributed by atoms with Gasteiger partial charge in [-0.25, -0.2) is 0 Å². The fraction of sp³-hybridized carbons (Fsp3) is 0.318. The molecule has 0 atom stereocenters. The molecular formula is C22H23N3O2. The summed E-state index contributed by atoms with van der Waals surface area (Å²) < 4.78 is 5.47. The van der Waals surface area contributed by atoms with Crippen molar-refractivity contribution >= 4 is 28.1 Å². The molecule has 0 amide bonds. The van der Waals surface area contributed by atoms with Crippen LogP contribution >= 0.6 is 0 Å². The van der Waals surface area contributed by atoms with Crippen LogP contribution in [-0.2, 0) is 10.2 Å². The van der Waals surface area contributed by atoms with Crippen molar-refractivity contribution in [2.45, 2.75) is 19.3 Å². The number of morpholine rings is 1. The molecule has 3 N–H and O–H groups in total. The number of hydrogen-bond acceptors (Lipinski definition) is 4. The summed E-state index contributed by atoms with van der Waals surface area (Å²) in [5.41, 5.74) is 12.0. The maximum absolute atomic E-state index is 13.4. The minimum atomic E-state index is -0.297. The van der Waals surface area contributed by atoms with E-state index in [4.69, 9.17) is 10.5 Å². The van der Waals surface area contributed by atoms with Gasteiger partial charge in [-0.05, 0) is 35.9 Å². The number of carbonyl (C=O) groups is 1. The number of rotatable bonds is 1. The van der Waals surface area contributed by atoms with Crippen LogP contribution < -0.4 is 10.6 Å². The number of nitrogen functional groups attached to an aromatic ring is 1. The lowest BCUT2D eigenvalue weighted by Gasteiger charge is -2.35. The monoisotopic (exact) mass is 361 g/mol. The first kappa shape index (κ1) is 16.4. The van der Waals surface area contributed by atoms with Gasteiger partial charge < -0.3 is 20.4 Å². The molecule has 5 rings (SSSR count). The molecule has 5 heteroatoms. The van der Waals surface area contributed by atoms with Gasteiger partial charge in [0.15, 0.2) is 5.78 Å². The SMILES string of the molecule is CC1(C)c2cc(N3CCOCC3)ccc2C(=O)c2c1[nH]c1cc(N)ccc21. The summed E-state index contributed by atoms with van der Waals surface area (Å²) in [7, 11) is 0. The van der Waals surface area contributed by atoms with Crippen molar-refractivity contribution in [1.82, 2.24) is 4.98 Å². The molecule has 1 saturated heterocycles. The van der Waals surface area contributed by atoms with E-state index < -0.39 is 0 Å². The minimum absolute atomic E-state index is 0.0869. The minimum Gasteiger partial charge on any atom is -0.399 e. The molecule has 2 aliphatic rings. The third-order valence-corrected chi connectivity index (χ3v) is 5.97. The molecule has 0 radical (unpaired) electrons. The third kappa shape index (κ3) is 2.31. The topological polar surface area (TPSA) is 71.3 Å². The molecule has 27 heavy (non-hydrogen) atoms. The van der Waals surface area contributed by atoms with Crippen LogP contribution in [0.3, 0.4) is 0 Å². The molecule has 138 valence electrons. The zero-order chi connectivity index (χ0) is 18.8. The molecule has 5 nitrogen and oxygen atoms in total. The summed E-state index contributed by atoms with van der Waals surface area (Å²) in [4.78, 5) is 19.2. The van der Waals surface area contributed by atoms with E-state index in [1.807, 2.05) is 24.3 Å². The molecule has 1 aliphatic carbocycles. The van der Waals surface area contributed by atoms with E-state index in [0.717, 1.165) is 65.3 Å². The number of fused-ring (bicyclic) bond motifs is 4. The number of H-pyrrole nitrogens is 1. The Kier molecular flexibility index (Phi) is 3.40. The smallest absolute Gasteiger partial charge is 0.195 e. The number of aromatic nitrogens is 1. The molecule has 0 bridgehead atoms. The molecule has 1 aromatic heterocycles. The Balaban J connectivity index is 1.69. The number of hydrogen-bond donors (Lipinski definition) is 2. The number of ketones is 1. The van der Waals surface area contributed by atoms with Crippen LogP contribution in [0.1, 0.15) is 41.0 Å². The second-order valence-corrected chi connectivity index (χ2v) is 7.96. The maximum Gasteiger partial charge on any atom is 0.195 e. The number of anilines is 2. The van der Waals surface area contributed by atoms with Crippen LogP contribution in [0.25, 0.3) is 10.9 Å². The number of nitrogens with one attached hydrogen (secondary N) is 1. The largest absolute Gasteiger partial charge is 0.399 e. The number of aromatic amines is 1. The van der Waals surface area contributed by atoms with Gasteiger partial charge in [-0.3, -0.25) is 4.79 Å². The van der Waals surface area contributed by atoms with Crippen LogP contribution in [0.4, 0.5) is 11.4 Å². The molecule has 0 spiro atoms. The first-order valence-electron chi connectivity index (χ1n) is 9.40. The second-order valence-electron chi connectivity index (χ2n) is 7.96. The van der Waals surface area contributed by atoms with Crippen LogP contribution in [0.15, 0.2) is 36.4 Å². The van der Waals surface area contributed by atoms with E-state index in [-0.39, 0.29) is 11.2 Å². The van der Waals surface area contributed by atoms with E-state index in [9.17, 15) is 4.79 Å². The standard InChI is InChI=1S/C22H23N3O2/c1-22(2)17-12-14(25-7-9-27-10-8-25)4-6-15(17)20(26)19-16-5-3-13(23)11-18(16)24-21(19)22/h3-6,11-12,24H,7-10,23H2,1-2H3. The molecule has 2 aromatic carbocycles. The summed E-state index contributed by atoms with van der Waals surface area (Å²) in [5.74, 6) is 0.0869. The highest BCUT2D eigenvalue weighted by Gasteiger charge is 2.39. The van der Waals surface area contributed by atoms with E-state index in [1.165, 1.54) is 0 Å². The number of nitrogens with zero attached hydrogens (tertiary/aromatic N) is 1. The van der Waals surface area contributed by atoms with Crippen molar-refractivity contribution in [3.8, 4) is 0 Å². The van der Waals surface area contributed by atoms with Gasteiger partial charge in [0.2, 0.25) is 0 Å². The Hall–Kier alpha value is -2.79. The average molecular weight is 361 g/mol. The molecule has 1 fully saturated rings. The van der Waals surface area contributed by atoms with Crippen molar-refractivity contribution in [3.63, 3.8) is 0 Å². The summed E-state index contributed by atoms with van der Waals surface area (Å²) in [5, 5.41) is 0.945. The summed E-state index contributed by atoms with van der Waals surface area (Å²) >= 11 is 0. The van der Waals surface area contributed by atoms with Crippen LogP contribution in [-0.4, -0.2) is 37.1 Å². The van der Waals surface area contributed by atoms with Gasteiger partial charge in [-0.2, -0.15) is 0 Å². The Labute approximate surface area is 158 Å². The highest BCUT2D eigenvalue weighted by atomic mass is 16.5. The molecular weight excluding hydrogens is 338 g/mol. The maximum atomic E-state index is 13.4. The van der Waals surface area contributed by atoms with Gasteiger partial charge in [-0.15, -0.1) is 0 Å². The van der Waals surface area contributed by atoms with Gasteiger partial charge in [0.1, 0.15) is 0 Å². The highest BCUT2D eigenvalue weighted by molar-refractivity contribution is 6.20. The second kappa shape index (κ2) is 5.60. The van der Waals surface area contributed by atoms with Crippen LogP contribution in [0.5, 0.6) is 0 Å². The summed E-state index contributed by atoms with van der Waals surface area (Å²) in [6.45, 7) is 7.60. The number of benzene rings is 2. The molecule has 1 aliphatic heterocycles. The third-order valence-electron chi connectivity index (χ3n) is 5.97. The van der Waals surface area contributed by atoms with Gasteiger partial charge in [0.25, 0.3) is 0 Å². The lowest BCUT2D eigenvalue weighted by Crippen LogP contribution is -2.37. The van der Waals surface area contributed by atoms with E-state index in [0.29, 0.717) is 5.69 Å². The van der Waals surface area contributed by atoms with Crippen molar-refractivity contribution < 1.29 is 9.53 Å². The van der Waals surface area contributed by atoms with E-state index in [1.54, 1.807) is 0 Å². The first-order valence-corrected chi connectivity index (χ1v) is 9.40. The van der Waals surface area contributed by atoms with Crippen LogP contribution in [0, 0.1) is 0 Å². The quantitative estimate of drug-likeness (QED) is 0.651. The number of nitrogens with two attached hydrogens (primary N) is 1. The lowest BCUT2D eigenvalue weighted by molar-refractivity contribution is 0.103. The zero-order valence-electron chi connectivity index (χ0n) is 15.6. The normalized spacial score (nSPS) is 18.4. The fourth-order valence-corrected chi connectivity index (χ4v) is 4.45. The van der Waals surface area contributed by atoms with Crippen molar-refractivity contribution in [2.24, 2.45) is 0 Å². The van der Waals surface area contributed by atoms with Gasteiger partial charge in [0.05, 0.1) is 18.8 Å². The Morgan fingerprint density at radius 1 is 1.11 bits per heavy atom. The predicted octanol–water partition coefficient (Wildman–Crippen LogP) is 3.46. The van der Waals surface area contributed by atoms with Crippen LogP contribution in [0.2, 0.25) is 0 Å². The summed E-state index contributed by atoms with van der Waals surface area (Å²) in [6, 6.07) is 11.9. The van der Waals surface area contributed by atoms with Gasteiger partial charge in [0, 0.05) is 52.0 Å².